The highest BCUT2D eigenvalue weighted by atomic mass is 32.1. The Morgan fingerprint density at radius 3 is 2.35 bits per heavy atom. The Labute approximate surface area is 217 Å². The van der Waals surface area contributed by atoms with E-state index >= 15 is 0 Å². The molecule has 0 spiro atoms. The Balaban J connectivity index is 1.35. The quantitative estimate of drug-likeness (QED) is 0.406. The maximum absolute atomic E-state index is 12.4. The number of halogens is 3. The number of nitrogens with one attached hydrogen (secondary N) is 1. The number of anilines is 1. The first-order valence-electron chi connectivity index (χ1n) is 11.3. The Bertz CT molecular complexity index is 1190. The molecule has 37 heavy (non-hydrogen) atoms. The Morgan fingerprint density at radius 2 is 1.73 bits per heavy atom. The maximum atomic E-state index is 12.4. The molecule has 0 unspecified atom stereocenters. The second kappa shape index (κ2) is 11.5. The third kappa shape index (κ3) is 6.98. The van der Waals surface area contributed by atoms with Gasteiger partial charge in [-0.15, -0.1) is 13.2 Å². The molecule has 1 aromatic heterocycles. The monoisotopic (exact) mass is 537 g/mol. The number of hydrogen-bond donors (Lipinski definition) is 1. The van der Waals surface area contributed by atoms with Crippen LogP contribution >= 0.6 is 12.2 Å². The predicted octanol–water partition coefficient (Wildman–Crippen LogP) is 5.32. The van der Waals surface area contributed by atoms with E-state index in [9.17, 15) is 13.2 Å². The second-order valence-electron chi connectivity index (χ2n) is 8.31. The van der Waals surface area contributed by atoms with Gasteiger partial charge in [0.25, 0.3) is 5.17 Å². The minimum absolute atomic E-state index is 0.0925. The third-order valence-electron chi connectivity index (χ3n) is 5.85. The van der Waals surface area contributed by atoms with Crippen LogP contribution in [0.5, 0.6) is 5.75 Å². The van der Waals surface area contributed by atoms with Gasteiger partial charge in [-0.05, 0) is 55.5 Å². The van der Waals surface area contributed by atoms with E-state index < -0.39 is 12.7 Å². The first-order valence-corrected chi connectivity index (χ1v) is 11.8. The van der Waals surface area contributed by atoms with Gasteiger partial charge in [0.1, 0.15) is 11.9 Å². The number of thiocarbonyl (C=S) groups is 1. The standard InChI is InChI=1S/C25H26F3N3O5S/c1-15-21(32-2)12-22(33-3)23(34-15)35-24(37)30-17-6-4-16(5-7-17)20-13-31(14-29-20)18-8-10-19(11-9-18)36-25(26,27)28/h4-11,13-15,21-23H,12H2,1-3H3,(H,30,37)/t15-,21+,22+,23-/m0/s1. The molecule has 2 heterocycles. The molecule has 3 aromatic rings. The lowest BCUT2D eigenvalue weighted by molar-refractivity contribution is -0.274. The van der Waals surface area contributed by atoms with Crippen molar-refractivity contribution >= 4 is 23.1 Å². The number of hydrogen-bond acceptors (Lipinski definition) is 7. The Kier molecular flexibility index (Phi) is 8.32. The number of benzene rings is 2. The highest BCUT2D eigenvalue weighted by Gasteiger charge is 2.38. The van der Waals surface area contributed by atoms with Crippen molar-refractivity contribution < 1.29 is 36.9 Å². The van der Waals surface area contributed by atoms with E-state index in [0.29, 0.717) is 23.5 Å². The smallest absolute Gasteiger partial charge is 0.438 e. The zero-order valence-electron chi connectivity index (χ0n) is 20.3. The van der Waals surface area contributed by atoms with Crippen molar-refractivity contribution in [1.29, 1.82) is 0 Å². The molecular formula is C25H26F3N3O5S. The minimum Gasteiger partial charge on any atom is -0.438 e. The first kappa shape index (κ1) is 26.9. The van der Waals surface area contributed by atoms with Crippen LogP contribution in [-0.2, 0) is 18.9 Å². The van der Waals surface area contributed by atoms with Gasteiger partial charge in [0, 0.05) is 43.8 Å². The minimum atomic E-state index is -4.73. The summed E-state index contributed by atoms with van der Waals surface area (Å²) in [5, 5.41) is 3.17. The van der Waals surface area contributed by atoms with Crippen molar-refractivity contribution in [3.8, 4) is 22.7 Å². The van der Waals surface area contributed by atoms with Crippen molar-refractivity contribution in [2.24, 2.45) is 0 Å². The van der Waals surface area contributed by atoms with E-state index in [1.54, 1.807) is 31.3 Å². The molecule has 12 heteroatoms. The summed E-state index contributed by atoms with van der Waals surface area (Å²) in [4.78, 5) is 4.39. The molecule has 2 aromatic carbocycles. The molecule has 198 valence electrons. The highest BCUT2D eigenvalue weighted by Crippen LogP contribution is 2.27. The summed E-state index contributed by atoms with van der Waals surface area (Å²) in [6.07, 6.45) is -2.02. The first-order chi connectivity index (χ1) is 17.6. The summed E-state index contributed by atoms with van der Waals surface area (Å²) >= 11 is 5.35. The van der Waals surface area contributed by atoms with Crippen LogP contribution in [0.2, 0.25) is 0 Å². The number of nitrogens with zero attached hydrogens (tertiary/aromatic N) is 2. The van der Waals surface area contributed by atoms with Crippen molar-refractivity contribution in [3.05, 3.63) is 61.1 Å². The van der Waals surface area contributed by atoms with Gasteiger partial charge < -0.3 is 33.6 Å². The van der Waals surface area contributed by atoms with E-state index in [2.05, 4.69) is 15.0 Å². The van der Waals surface area contributed by atoms with Crippen LogP contribution in [0.4, 0.5) is 18.9 Å². The van der Waals surface area contributed by atoms with E-state index in [-0.39, 0.29) is 29.2 Å². The molecule has 0 aliphatic carbocycles. The fraction of sp³-hybridized carbons (Fsp3) is 0.360. The number of imidazole rings is 1. The van der Waals surface area contributed by atoms with Gasteiger partial charge in [-0.1, -0.05) is 12.1 Å². The van der Waals surface area contributed by atoms with Crippen molar-refractivity contribution in [3.63, 3.8) is 0 Å². The van der Waals surface area contributed by atoms with E-state index in [1.807, 2.05) is 31.2 Å². The van der Waals surface area contributed by atoms with Gasteiger partial charge in [-0.25, -0.2) is 4.98 Å². The molecule has 1 fully saturated rings. The molecule has 1 saturated heterocycles. The second-order valence-corrected chi connectivity index (χ2v) is 8.68. The van der Waals surface area contributed by atoms with Crippen LogP contribution in [0.1, 0.15) is 13.3 Å². The largest absolute Gasteiger partial charge is 0.573 e. The fourth-order valence-corrected chi connectivity index (χ4v) is 4.14. The molecule has 1 N–H and O–H groups in total. The third-order valence-corrected chi connectivity index (χ3v) is 6.05. The molecule has 0 amide bonds. The lowest BCUT2D eigenvalue weighted by Gasteiger charge is -2.38. The lowest BCUT2D eigenvalue weighted by Crippen LogP contribution is -2.49. The van der Waals surface area contributed by atoms with Crippen molar-refractivity contribution in [1.82, 2.24) is 9.55 Å². The topological polar surface area (TPSA) is 76.0 Å². The molecule has 1 aliphatic rings. The summed E-state index contributed by atoms with van der Waals surface area (Å²) in [6.45, 7) is 1.91. The molecule has 0 radical (unpaired) electrons. The summed E-state index contributed by atoms with van der Waals surface area (Å²) < 4.78 is 65.3. The average Bonchev–Trinajstić information content (AvgIpc) is 3.34. The number of rotatable bonds is 7. The molecule has 1 aliphatic heterocycles. The number of ether oxygens (including phenoxy) is 5. The van der Waals surface area contributed by atoms with Crippen LogP contribution < -0.4 is 10.1 Å². The number of alkyl halides is 3. The van der Waals surface area contributed by atoms with Crippen LogP contribution in [0.25, 0.3) is 16.9 Å². The Morgan fingerprint density at radius 1 is 1.05 bits per heavy atom. The average molecular weight is 538 g/mol. The molecular weight excluding hydrogens is 511 g/mol. The molecule has 0 bridgehead atoms. The molecule has 4 atom stereocenters. The summed E-state index contributed by atoms with van der Waals surface area (Å²) in [5.41, 5.74) is 2.87. The van der Waals surface area contributed by atoms with Gasteiger partial charge in [-0.2, -0.15) is 0 Å². The van der Waals surface area contributed by atoms with Crippen molar-refractivity contribution in [2.45, 2.75) is 44.3 Å². The maximum Gasteiger partial charge on any atom is 0.573 e. The van der Waals surface area contributed by atoms with Crippen LogP contribution in [0.15, 0.2) is 61.1 Å². The number of methoxy groups -OCH3 is 2. The van der Waals surface area contributed by atoms with E-state index in [4.69, 9.17) is 31.2 Å². The van der Waals surface area contributed by atoms with E-state index in [0.717, 1.165) is 5.56 Å². The van der Waals surface area contributed by atoms with E-state index in [1.165, 1.54) is 24.3 Å². The highest BCUT2D eigenvalue weighted by molar-refractivity contribution is 7.80. The van der Waals surface area contributed by atoms with Crippen LogP contribution in [0, 0.1) is 0 Å². The van der Waals surface area contributed by atoms with Gasteiger partial charge in [0.05, 0.1) is 24.2 Å². The normalized spacial score (nSPS) is 21.9. The summed E-state index contributed by atoms with van der Waals surface area (Å²) in [7, 11) is 3.22. The van der Waals surface area contributed by atoms with Crippen LogP contribution in [0.3, 0.4) is 0 Å². The molecule has 8 nitrogen and oxygen atoms in total. The fourth-order valence-electron chi connectivity index (χ4n) is 3.93. The lowest BCUT2D eigenvalue weighted by atomic mass is 10.0. The van der Waals surface area contributed by atoms with Gasteiger partial charge >= 0.3 is 6.36 Å². The number of aromatic nitrogens is 2. The van der Waals surface area contributed by atoms with Crippen molar-refractivity contribution in [2.75, 3.05) is 19.5 Å². The molecule has 0 saturated carbocycles. The summed E-state index contributed by atoms with van der Waals surface area (Å²) in [5.74, 6) is -0.289. The van der Waals surface area contributed by atoms with Gasteiger partial charge in [-0.3, -0.25) is 0 Å². The zero-order chi connectivity index (χ0) is 26.6. The summed E-state index contributed by atoms with van der Waals surface area (Å²) in [6, 6.07) is 12.9. The molecule has 4 rings (SSSR count). The van der Waals surface area contributed by atoms with Gasteiger partial charge in [0.2, 0.25) is 6.29 Å². The zero-order valence-corrected chi connectivity index (χ0v) is 21.1. The SMILES string of the molecule is CO[C@@H]1C[C@@H](OC)[C@H](C)O[C@H]1OC(=S)Nc1ccc(-c2cn(-c3ccc(OC(F)(F)F)cc3)cn2)cc1. The predicted molar refractivity (Wildman–Crippen MR) is 134 cm³/mol. The van der Waals surface area contributed by atoms with Gasteiger partial charge in [0.15, 0.2) is 0 Å². The van der Waals surface area contributed by atoms with Crippen LogP contribution in [-0.4, -0.2) is 59.9 Å². The Hall–Kier alpha value is -3.19.